The standard InChI is InChI=1S/C14H32N2O/c1-12(2)14(8-9-15)7-6-10-16(4)13(3)11-17-5/h12-14H,6-11,15H2,1-5H3. The molecule has 0 aromatic rings. The van der Waals surface area contributed by atoms with E-state index in [0.29, 0.717) is 6.04 Å². The molecule has 17 heavy (non-hydrogen) atoms. The molecular formula is C14H32N2O. The van der Waals surface area contributed by atoms with Gasteiger partial charge in [0.2, 0.25) is 0 Å². The van der Waals surface area contributed by atoms with Gasteiger partial charge >= 0.3 is 0 Å². The molecule has 0 saturated carbocycles. The second-order valence-electron chi connectivity index (χ2n) is 5.51. The van der Waals surface area contributed by atoms with Crippen LogP contribution in [-0.4, -0.2) is 44.8 Å². The Kier molecular flexibility index (Phi) is 9.79. The number of rotatable bonds is 10. The molecule has 0 aliphatic rings. The molecule has 0 fully saturated rings. The van der Waals surface area contributed by atoms with E-state index in [-0.39, 0.29) is 0 Å². The van der Waals surface area contributed by atoms with E-state index in [2.05, 4.69) is 32.7 Å². The highest BCUT2D eigenvalue weighted by molar-refractivity contribution is 4.67. The number of methoxy groups -OCH3 is 1. The monoisotopic (exact) mass is 244 g/mol. The van der Waals surface area contributed by atoms with Crippen LogP contribution in [0.2, 0.25) is 0 Å². The Hall–Kier alpha value is -0.120. The maximum atomic E-state index is 5.66. The van der Waals surface area contributed by atoms with E-state index in [9.17, 15) is 0 Å². The van der Waals surface area contributed by atoms with Crippen LogP contribution in [-0.2, 0) is 4.74 Å². The van der Waals surface area contributed by atoms with Crippen LogP contribution in [0.1, 0.15) is 40.0 Å². The quantitative estimate of drug-likeness (QED) is 0.641. The molecule has 0 bridgehead atoms. The largest absolute Gasteiger partial charge is 0.383 e. The Bertz CT molecular complexity index is 174. The van der Waals surface area contributed by atoms with E-state index in [1.165, 1.54) is 12.8 Å². The number of hydrogen-bond donors (Lipinski definition) is 1. The molecule has 3 heteroatoms. The molecule has 2 unspecified atom stereocenters. The van der Waals surface area contributed by atoms with E-state index in [4.69, 9.17) is 10.5 Å². The molecule has 0 aliphatic carbocycles. The first kappa shape index (κ1) is 16.9. The molecule has 0 saturated heterocycles. The fourth-order valence-electron chi connectivity index (χ4n) is 2.22. The third kappa shape index (κ3) is 7.74. The normalized spacial score (nSPS) is 15.5. The molecular weight excluding hydrogens is 212 g/mol. The Balaban J connectivity index is 3.79. The molecule has 0 rings (SSSR count). The Morgan fingerprint density at radius 3 is 2.29 bits per heavy atom. The number of ether oxygens (including phenoxy) is 1. The van der Waals surface area contributed by atoms with Gasteiger partial charge in [0.15, 0.2) is 0 Å². The predicted octanol–water partition coefficient (Wildman–Crippen LogP) is 2.35. The molecule has 0 heterocycles. The molecule has 2 N–H and O–H groups in total. The minimum atomic E-state index is 0.506. The highest BCUT2D eigenvalue weighted by Crippen LogP contribution is 2.20. The molecule has 2 atom stereocenters. The summed E-state index contributed by atoms with van der Waals surface area (Å²) in [6.45, 7) is 9.60. The highest BCUT2D eigenvalue weighted by atomic mass is 16.5. The second kappa shape index (κ2) is 9.86. The second-order valence-corrected chi connectivity index (χ2v) is 5.51. The summed E-state index contributed by atoms with van der Waals surface area (Å²) >= 11 is 0. The predicted molar refractivity (Wildman–Crippen MR) is 75.2 cm³/mol. The van der Waals surface area contributed by atoms with Crippen molar-refractivity contribution >= 4 is 0 Å². The van der Waals surface area contributed by atoms with Crippen LogP contribution in [0.5, 0.6) is 0 Å². The van der Waals surface area contributed by atoms with Crippen LogP contribution in [0.4, 0.5) is 0 Å². The maximum absolute atomic E-state index is 5.66. The van der Waals surface area contributed by atoms with Gasteiger partial charge in [0.1, 0.15) is 0 Å². The smallest absolute Gasteiger partial charge is 0.0615 e. The minimum absolute atomic E-state index is 0.506. The van der Waals surface area contributed by atoms with Crippen molar-refractivity contribution in [2.75, 3.05) is 33.9 Å². The summed E-state index contributed by atoms with van der Waals surface area (Å²) in [5.41, 5.74) is 5.66. The first-order valence-electron chi connectivity index (χ1n) is 6.92. The molecule has 3 nitrogen and oxygen atoms in total. The number of likely N-dealkylation sites (N-methyl/N-ethyl adjacent to an activating group) is 1. The van der Waals surface area contributed by atoms with Gasteiger partial charge in [-0.2, -0.15) is 0 Å². The Morgan fingerprint density at radius 2 is 1.82 bits per heavy atom. The summed E-state index contributed by atoms with van der Waals surface area (Å²) in [5.74, 6) is 1.53. The van der Waals surface area contributed by atoms with Gasteiger partial charge in [-0.1, -0.05) is 13.8 Å². The lowest BCUT2D eigenvalue weighted by atomic mass is 9.88. The summed E-state index contributed by atoms with van der Waals surface area (Å²) in [7, 11) is 3.94. The van der Waals surface area contributed by atoms with E-state index < -0.39 is 0 Å². The van der Waals surface area contributed by atoms with E-state index in [1.807, 2.05) is 0 Å². The van der Waals surface area contributed by atoms with Crippen LogP contribution >= 0.6 is 0 Å². The zero-order valence-electron chi connectivity index (χ0n) is 12.4. The molecule has 0 aliphatic heterocycles. The zero-order chi connectivity index (χ0) is 13.3. The number of nitrogens with two attached hydrogens (primary N) is 1. The molecule has 104 valence electrons. The van der Waals surface area contributed by atoms with Gasteiger partial charge in [-0.15, -0.1) is 0 Å². The van der Waals surface area contributed by atoms with E-state index in [1.54, 1.807) is 7.11 Å². The molecule has 0 spiro atoms. The van der Waals surface area contributed by atoms with Crippen LogP contribution in [0.3, 0.4) is 0 Å². The van der Waals surface area contributed by atoms with E-state index in [0.717, 1.165) is 38.0 Å². The fourth-order valence-corrected chi connectivity index (χ4v) is 2.22. The summed E-state index contributed by atoms with van der Waals surface area (Å²) < 4.78 is 5.17. The maximum Gasteiger partial charge on any atom is 0.0615 e. The number of hydrogen-bond acceptors (Lipinski definition) is 3. The zero-order valence-corrected chi connectivity index (χ0v) is 12.4. The van der Waals surface area contributed by atoms with Crippen molar-refractivity contribution < 1.29 is 4.74 Å². The highest BCUT2D eigenvalue weighted by Gasteiger charge is 2.13. The lowest BCUT2D eigenvalue weighted by molar-refractivity contribution is 0.113. The van der Waals surface area contributed by atoms with Gasteiger partial charge < -0.3 is 15.4 Å². The topological polar surface area (TPSA) is 38.5 Å². The average molecular weight is 244 g/mol. The molecule has 0 aromatic carbocycles. The average Bonchev–Trinajstić information content (AvgIpc) is 2.27. The lowest BCUT2D eigenvalue weighted by Crippen LogP contribution is -2.33. The van der Waals surface area contributed by atoms with Crippen molar-refractivity contribution in [3.63, 3.8) is 0 Å². The third-order valence-electron chi connectivity index (χ3n) is 3.73. The van der Waals surface area contributed by atoms with Crippen molar-refractivity contribution in [3.8, 4) is 0 Å². The van der Waals surface area contributed by atoms with Crippen LogP contribution in [0, 0.1) is 11.8 Å². The Labute approximate surface area is 108 Å². The molecule has 0 radical (unpaired) electrons. The van der Waals surface area contributed by atoms with Crippen molar-refractivity contribution in [2.24, 2.45) is 17.6 Å². The minimum Gasteiger partial charge on any atom is -0.383 e. The van der Waals surface area contributed by atoms with Crippen molar-refractivity contribution in [1.82, 2.24) is 4.90 Å². The molecule has 0 amide bonds. The van der Waals surface area contributed by atoms with Crippen molar-refractivity contribution in [3.05, 3.63) is 0 Å². The van der Waals surface area contributed by atoms with Crippen molar-refractivity contribution in [2.45, 2.75) is 46.1 Å². The summed E-state index contributed by atoms with van der Waals surface area (Å²) in [4.78, 5) is 2.38. The van der Waals surface area contributed by atoms with Gasteiger partial charge in [-0.3, -0.25) is 0 Å². The first-order valence-corrected chi connectivity index (χ1v) is 6.92. The number of nitrogens with zero attached hydrogens (tertiary/aromatic N) is 1. The van der Waals surface area contributed by atoms with Gasteiger partial charge in [0.25, 0.3) is 0 Å². The molecule has 0 aromatic heterocycles. The van der Waals surface area contributed by atoms with Gasteiger partial charge in [-0.05, 0) is 58.2 Å². The van der Waals surface area contributed by atoms with Crippen molar-refractivity contribution in [1.29, 1.82) is 0 Å². The van der Waals surface area contributed by atoms with Gasteiger partial charge in [0.05, 0.1) is 6.61 Å². The first-order chi connectivity index (χ1) is 8.02. The Morgan fingerprint density at radius 1 is 1.18 bits per heavy atom. The van der Waals surface area contributed by atoms with Gasteiger partial charge in [-0.25, -0.2) is 0 Å². The summed E-state index contributed by atoms with van der Waals surface area (Å²) in [5, 5.41) is 0. The summed E-state index contributed by atoms with van der Waals surface area (Å²) in [6.07, 6.45) is 3.71. The third-order valence-corrected chi connectivity index (χ3v) is 3.73. The van der Waals surface area contributed by atoms with Gasteiger partial charge in [0, 0.05) is 13.2 Å². The van der Waals surface area contributed by atoms with E-state index >= 15 is 0 Å². The fraction of sp³-hybridized carbons (Fsp3) is 1.00. The van der Waals surface area contributed by atoms with Crippen LogP contribution in [0.25, 0.3) is 0 Å². The summed E-state index contributed by atoms with van der Waals surface area (Å²) in [6, 6.07) is 0.506. The van der Waals surface area contributed by atoms with Crippen LogP contribution < -0.4 is 5.73 Å². The SMILES string of the molecule is COCC(C)N(C)CCCC(CCN)C(C)C. The van der Waals surface area contributed by atoms with Crippen LogP contribution in [0.15, 0.2) is 0 Å². The lowest BCUT2D eigenvalue weighted by Gasteiger charge is -2.26.